The van der Waals surface area contributed by atoms with Crippen LogP contribution in [0.5, 0.6) is 0 Å². The Morgan fingerprint density at radius 3 is 2.53 bits per heavy atom. The number of ether oxygens (including phenoxy) is 1. The number of hydrogen-bond donors (Lipinski definition) is 1. The second-order valence-corrected chi connectivity index (χ2v) is 8.09. The molecule has 0 spiro atoms. The number of fused-ring (bicyclic) bond motifs is 1. The highest BCUT2D eigenvalue weighted by Crippen LogP contribution is 2.18. The molecular weight excluding hydrogens is 454 g/mol. The number of methoxy groups -OCH3 is 1. The lowest BCUT2D eigenvalue weighted by molar-refractivity contribution is -0.116. The molecule has 0 aliphatic heterocycles. The van der Waals surface area contributed by atoms with E-state index in [0.717, 1.165) is 4.57 Å². The first kappa shape index (κ1) is 21.5. The van der Waals surface area contributed by atoms with Crippen LogP contribution in [0.4, 0.5) is 5.69 Å². The molecule has 32 heavy (non-hydrogen) atoms. The third-order valence-corrected chi connectivity index (χ3v) is 5.84. The molecule has 8 nitrogen and oxygen atoms in total. The number of anilines is 1. The second-order valence-electron chi connectivity index (χ2n) is 6.74. The predicted octanol–water partition coefficient (Wildman–Crippen LogP) is 3.29. The van der Waals surface area contributed by atoms with Gasteiger partial charge in [0.05, 0.1) is 23.9 Å². The summed E-state index contributed by atoms with van der Waals surface area (Å²) < 4.78 is 7.24. The first-order valence-electron chi connectivity index (χ1n) is 9.36. The number of thiophene rings is 1. The van der Waals surface area contributed by atoms with Gasteiger partial charge in [-0.1, -0.05) is 17.7 Å². The average Bonchev–Trinajstić information content (AvgIpc) is 3.27. The Morgan fingerprint density at radius 1 is 1.09 bits per heavy atom. The molecule has 2 aromatic carbocycles. The predicted molar refractivity (Wildman–Crippen MR) is 123 cm³/mol. The van der Waals surface area contributed by atoms with Gasteiger partial charge in [-0.05, 0) is 53.9 Å². The summed E-state index contributed by atoms with van der Waals surface area (Å²) in [6, 6.07) is 14.2. The molecule has 0 atom stereocenters. The molecule has 4 aromatic rings. The Hall–Kier alpha value is -3.69. The first-order valence-corrected chi connectivity index (χ1v) is 10.6. The number of esters is 1. The minimum absolute atomic E-state index is 0.314. The number of nitrogens with one attached hydrogen (secondary N) is 1. The highest BCUT2D eigenvalue weighted by molar-refractivity contribution is 7.17. The highest BCUT2D eigenvalue weighted by atomic mass is 35.5. The van der Waals surface area contributed by atoms with Gasteiger partial charge in [-0.2, -0.15) is 0 Å². The molecule has 10 heteroatoms. The summed E-state index contributed by atoms with van der Waals surface area (Å²) in [5, 5.41) is 4.75. The number of rotatable bonds is 5. The maximum absolute atomic E-state index is 13.2. The molecule has 162 valence electrons. The third-order valence-electron chi connectivity index (χ3n) is 4.71. The lowest BCUT2D eigenvalue weighted by atomic mass is 10.2. The van der Waals surface area contributed by atoms with Crippen LogP contribution in [-0.2, 0) is 16.1 Å². The summed E-state index contributed by atoms with van der Waals surface area (Å²) in [7, 11) is 1.28. The van der Waals surface area contributed by atoms with Crippen molar-refractivity contribution in [1.29, 1.82) is 0 Å². The Balaban J connectivity index is 1.69. The Morgan fingerprint density at radius 2 is 1.84 bits per heavy atom. The van der Waals surface area contributed by atoms with Crippen molar-refractivity contribution in [2.45, 2.75) is 6.54 Å². The molecule has 2 aromatic heterocycles. The molecule has 0 fully saturated rings. The van der Waals surface area contributed by atoms with E-state index in [1.54, 1.807) is 41.8 Å². The van der Waals surface area contributed by atoms with Crippen molar-refractivity contribution in [3.8, 4) is 5.69 Å². The van der Waals surface area contributed by atoms with Gasteiger partial charge in [0, 0.05) is 10.7 Å². The fraction of sp³-hybridized carbons (Fsp3) is 0.0909. The van der Waals surface area contributed by atoms with E-state index in [4.69, 9.17) is 11.6 Å². The van der Waals surface area contributed by atoms with Gasteiger partial charge in [0.15, 0.2) is 0 Å². The smallest absolute Gasteiger partial charge is 0.337 e. The zero-order chi connectivity index (χ0) is 22.8. The average molecular weight is 470 g/mol. The second kappa shape index (κ2) is 8.81. The van der Waals surface area contributed by atoms with Gasteiger partial charge >= 0.3 is 11.7 Å². The summed E-state index contributed by atoms with van der Waals surface area (Å²) in [5.41, 5.74) is 0.349. The topological polar surface area (TPSA) is 99.4 Å². The van der Waals surface area contributed by atoms with E-state index in [1.165, 1.54) is 41.2 Å². The van der Waals surface area contributed by atoms with E-state index < -0.39 is 23.1 Å². The van der Waals surface area contributed by atoms with Crippen LogP contribution in [0.1, 0.15) is 10.4 Å². The summed E-state index contributed by atoms with van der Waals surface area (Å²) in [6.07, 6.45) is 0. The molecule has 2 heterocycles. The summed E-state index contributed by atoms with van der Waals surface area (Å²) in [6.45, 7) is -0.314. The molecule has 0 aliphatic carbocycles. The van der Waals surface area contributed by atoms with Crippen molar-refractivity contribution in [3.63, 3.8) is 0 Å². The van der Waals surface area contributed by atoms with Crippen LogP contribution in [-0.4, -0.2) is 28.1 Å². The minimum Gasteiger partial charge on any atom is -0.465 e. The van der Waals surface area contributed by atoms with Gasteiger partial charge in [0.1, 0.15) is 11.2 Å². The lowest BCUT2D eigenvalue weighted by Crippen LogP contribution is -2.40. The SMILES string of the molecule is COC(=O)c1ccc(NC(=O)Cn2c(=O)n(-c3cccc(Cl)c3)c(=O)c3sccc32)cc1. The van der Waals surface area contributed by atoms with Crippen molar-refractivity contribution in [2.75, 3.05) is 12.4 Å². The molecule has 0 saturated carbocycles. The number of hydrogen-bond acceptors (Lipinski definition) is 6. The first-order chi connectivity index (χ1) is 15.4. The van der Waals surface area contributed by atoms with Crippen molar-refractivity contribution in [3.05, 3.63) is 91.4 Å². The van der Waals surface area contributed by atoms with Gasteiger partial charge in [0.25, 0.3) is 5.56 Å². The van der Waals surface area contributed by atoms with Crippen LogP contribution < -0.4 is 16.6 Å². The number of amides is 1. The Kier molecular flexibility index (Phi) is 5.93. The molecule has 1 amide bonds. The highest BCUT2D eigenvalue weighted by Gasteiger charge is 2.18. The number of benzene rings is 2. The molecule has 0 aliphatic rings. The van der Waals surface area contributed by atoms with Crippen LogP contribution in [0.15, 0.2) is 69.6 Å². The summed E-state index contributed by atoms with van der Waals surface area (Å²) in [5.74, 6) is -0.959. The van der Waals surface area contributed by atoms with E-state index in [0.29, 0.717) is 32.2 Å². The largest absolute Gasteiger partial charge is 0.465 e. The standard InChI is InChI=1S/C22H16ClN3O5S/c1-31-21(29)13-5-7-15(8-6-13)24-18(27)12-25-17-9-10-32-19(17)20(28)26(22(25)30)16-4-2-3-14(23)11-16/h2-11H,12H2,1H3,(H,24,27). The minimum atomic E-state index is -0.653. The van der Waals surface area contributed by atoms with Crippen LogP contribution in [0.2, 0.25) is 5.02 Å². The fourth-order valence-corrected chi connectivity index (χ4v) is 4.24. The third kappa shape index (κ3) is 4.08. The molecule has 1 N–H and O–H groups in total. The Labute approximate surface area is 190 Å². The van der Waals surface area contributed by atoms with Crippen LogP contribution >= 0.6 is 22.9 Å². The van der Waals surface area contributed by atoms with E-state index in [2.05, 4.69) is 10.1 Å². The Bertz CT molecular complexity index is 1450. The van der Waals surface area contributed by atoms with Gasteiger partial charge < -0.3 is 10.1 Å². The van der Waals surface area contributed by atoms with E-state index >= 15 is 0 Å². The molecule has 0 radical (unpaired) electrons. The fourth-order valence-electron chi connectivity index (χ4n) is 3.23. The van der Waals surface area contributed by atoms with Gasteiger partial charge in [-0.15, -0.1) is 11.3 Å². The molecule has 4 rings (SSSR count). The van der Waals surface area contributed by atoms with Crippen LogP contribution in [0.25, 0.3) is 15.9 Å². The van der Waals surface area contributed by atoms with Crippen molar-refractivity contribution < 1.29 is 14.3 Å². The van der Waals surface area contributed by atoms with E-state index in [-0.39, 0.29) is 6.54 Å². The number of nitrogens with zero attached hydrogens (tertiary/aromatic N) is 2. The maximum Gasteiger partial charge on any atom is 0.337 e. The maximum atomic E-state index is 13.2. The molecule has 0 saturated heterocycles. The monoisotopic (exact) mass is 469 g/mol. The van der Waals surface area contributed by atoms with Crippen molar-refractivity contribution in [2.24, 2.45) is 0 Å². The normalized spacial score (nSPS) is 10.8. The molecule has 0 bridgehead atoms. The van der Waals surface area contributed by atoms with Gasteiger partial charge in [-0.25, -0.2) is 14.2 Å². The molecular formula is C22H16ClN3O5S. The number of aromatic nitrogens is 2. The van der Waals surface area contributed by atoms with Crippen molar-refractivity contribution >= 4 is 50.7 Å². The number of carbonyl (C=O) groups is 2. The molecule has 0 unspecified atom stereocenters. The van der Waals surface area contributed by atoms with Gasteiger partial charge in [0.2, 0.25) is 5.91 Å². The van der Waals surface area contributed by atoms with E-state index in [9.17, 15) is 19.2 Å². The van der Waals surface area contributed by atoms with Gasteiger partial charge in [-0.3, -0.25) is 14.2 Å². The summed E-state index contributed by atoms with van der Waals surface area (Å²) in [4.78, 5) is 50.4. The quantitative estimate of drug-likeness (QED) is 0.452. The zero-order valence-corrected chi connectivity index (χ0v) is 18.3. The van der Waals surface area contributed by atoms with Crippen molar-refractivity contribution in [1.82, 2.24) is 9.13 Å². The lowest BCUT2D eigenvalue weighted by Gasteiger charge is -2.13. The zero-order valence-electron chi connectivity index (χ0n) is 16.7. The van der Waals surface area contributed by atoms with E-state index in [1.807, 2.05) is 0 Å². The number of carbonyl (C=O) groups excluding carboxylic acids is 2. The van der Waals surface area contributed by atoms with Crippen LogP contribution in [0, 0.1) is 0 Å². The van der Waals surface area contributed by atoms with Crippen LogP contribution in [0.3, 0.4) is 0 Å². The number of halogens is 1. The summed E-state index contributed by atoms with van der Waals surface area (Å²) >= 11 is 7.22.